The number of hydrogen-bond acceptors (Lipinski definition) is 4. The number of carboxylic acid groups (broad SMARTS) is 1. The van der Waals surface area contributed by atoms with Crippen LogP contribution in [0.1, 0.15) is 49.6 Å². The molecule has 0 aliphatic carbocycles. The van der Waals surface area contributed by atoms with Gasteiger partial charge in [0.1, 0.15) is 11.8 Å². The average molecular weight is 252 g/mol. The van der Waals surface area contributed by atoms with Crippen molar-refractivity contribution in [1.82, 2.24) is 9.88 Å². The van der Waals surface area contributed by atoms with Gasteiger partial charge in [-0.25, -0.2) is 4.98 Å². The van der Waals surface area contributed by atoms with E-state index in [0.717, 1.165) is 37.3 Å². The van der Waals surface area contributed by atoms with Crippen molar-refractivity contribution in [3.63, 3.8) is 0 Å². The van der Waals surface area contributed by atoms with Crippen LogP contribution in [0.5, 0.6) is 0 Å². The zero-order valence-corrected chi connectivity index (χ0v) is 11.1. The van der Waals surface area contributed by atoms with Crippen molar-refractivity contribution in [1.29, 1.82) is 0 Å². The zero-order chi connectivity index (χ0) is 13.3. The molecule has 2 heterocycles. The molecule has 1 aliphatic rings. The smallest absolute Gasteiger partial charge is 0.320 e. The predicted octanol–water partition coefficient (Wildman–Crippen LogP) is 2.29. The molecule has 0 saturated carbocycles. The Morgan fingerprint density at radius 3 is 2.78 bits per heavy atom. The summed E-state index contributed by atoms with van der Waals surface area (Å²) in [5.74, 6) is 0.687. The van der Waals surface area contributed by atoms with E-state index in [1.54, 1.807) is 0 Å². The van der Waals surface area contributed by atoms with Crippen LogP contribution in [0.4, 0.5) is 0 Å². The van der Waals surface area contributed by atoms with Crippen LogP contribution >= 0.6 is 0 Å². The number of piperidine rings is 1. The number of oxazole rings is 1. The molecule has 0 spiro atoms. The molecule has 1 aromatic rings. The second-order valence-electron chi connectivity index (χ2n) is 4.94. The summed E-state index contributed by atoms with van der Waals surface area (Å²) in [5, 5.41) is 9.29. The van der Waals surface area contributed by atoms with Gasteiger partial charge in [-0.1, -0.05) is 6.42 Å². The quantitative estimate of drug-likeness (QED) is 0.894. The van der Waals surface area contributed by atoms with Crippen LogP contribution in [0.25, 0.3) is 0 Å². The standard InChI is InChI=1S/C13H20N2O3/c1-8(12-9(2)18-10(3)14-12)15-7-5-4-6-11(15)13(16)17/h8,11H,4-7H2,1-3H3,(H,16,17). The van der Waals surface area contributed by atoms with Crippen LogP contribution < -0.4 is 0 Å². The molecule has 0 aromatic carbocycles. The lowest BCUT2D eigenvalue weighted by molar-refractivity contribution is -0.145. The molecule has 1 fully saturated rings. The molecule has 1 N–H and O–H groups in total. The normalized spacial score (nSPS) is 22.9. The van der Waals surface area contributed by atoms with Gasteiger partial charge in [-0.3, -0.25) is 9.69 Å². The van der Waals surface area contributed by atoms with Gasteiger partial charge in [-0.2, -0.15) is 0 Å². The van der Waals surface area contributed by atoms with Crippen molar-refractivity contribution >= 4 is 5.97 Å². The number of carbonyl (C=O) groups is 1. The van der Waals surface area contributed by atoms with Crippen LogP contribution in [0.2, 0.25) is 0 Å². The SMILES string of the molecule is Cc1nc(C(C)N2CCCCC2C(=O)O)c(C)o1. The minimum absolute atomic E-state index is 0.0103. The average Bonchev–Trinajstić information content (AvgIpc) is 2.67. The van der Waals surface area contributed by atoms with Crippen molar-refractivity contribution in [2.45, 2.75) is 52.1 Å². The largest absolute Gasteiger partial charge is 0.480 e. The summed E-state index contributed by atoms with van der Waals surface area (Å²) in [4.78, 5) is 17.7. The minimum atomic E-state index is -0.737. The molecular formula is C13H20N2O3. The van der Waals surface area contributed by atoms with Crippen LogP contribution in [0.15, 0.2) is 4.42 Å². The summed E-state index contributed by atoms with van der Waals surface area (Å²) >= 11 is 0. The van der Waals surface area contributed by atoms with E-state index in [4.69, 9.17) is 4.42 Å². The minimum Gasteiger partial charge on any atom is -0.480 e. The third-order valence-corrected chi connectivity index (χ3v) is 3.66. The number of aliphatic carboxylic acids is 1. The maximum atomic E-state index is 11.3. The maximum absolute atomic E-state index is 11.3. The van der Waals surface area contributed by atoms with Crippen molar-refractivity contribution in [3.05, 3.63) is 17.3 Å². The van der Waals surface area contributed by atoms with Gasteiger partial charge in [-0.15, -0.1) is 0 Å². The Morgan fingerprint density at radius 2 is 2.22 bits per heavy atom. The number of aromatic nitrogens is 1. The van der Waals surface area contributed by atoms with Gasteiger partial charge in [-0.05, 0) is 33.2 Å². The van der Waals surface area contributed by atoms with E-state index in [2.05, 4.69) is 4.98 Å². The molecule has 1 aromatic heterocycles. The fourth-order valence-corrected chi connectivity index (χ4v) is 2.77. The second kappa shape index (κ2) is 5.10. The van der Waals surface area contributed by atoms with Gasteiger partial charge < -0.3 is 9.52 Å². The Balaban J connectivity index is 2.23. The monoisotopic (exact) mass is 252 g/mol. The van der Waals surface area contributed by atoms with Gasteiger partial charge >= 0.3 is 5.97 Å². The lowest BCUT2D eigenvalue weighted by atomic mass is 9.99. The van der Waals surface area contributed by atoms with Gasteiger partial charge in [0.05, 0.1) is 11.7 Å². The fourth-order valence-electron chi connectivity index (χ4n) is 2.77. The van der Waals surface area contributed by atoms with Gasteiger partial charge in [0.15, 0.2) is 5.89 Å². The lowest BCUT2D eigenvalue weighted by Gasteiger charge is -2.36. The summed E-state index contributed by atoms with van der Waals surface area (Å²) in [6.45, 7) is 6.51. The van der Waals surface area contributed by atoms with Crippen LogP contribution in [-0.4, -0.2) is 33.5 Å². The summed E-state index contributed by atoms with van der Waals surface area (Å²) in [7, 11) is 0. The molecule has 18 heavy (non-hydrogen) atoms. The topological polar surface area (TPSA) is 66.6 Å². The number of aryl methyl sites for hydroxylation is 2. The molecule has 2 atom stereocenters. The Morgan fingerprint density at radius 1 is 1.50 bits per heavy atom. The highest BCUT2D eigenvalue weighted by Crippen LogP contribution is 2.29. The Hall–Kier alpha value is -1.36. The van der Waals surface area contributed by atoms with E-state index in [1.807, 2.05) is 25.7 Å². The number of carboxylic acids is 1. The Kier molecular flexibility index (Phi) is 3.71. The first-order chi connectivity index (χ1) is 8.50. The van der Waals surface area contributed by atoms with Crippen molar-refractivity contribution in [2.75, 3.05) is 6.54 Å². The predicted molar refractivity (Wildman–Crippen MR) is 66.4 cm³/mol. The van der Waals surface area contributed by atoms with E-state index < -0.39 is 12.0 Å². The molecule has 0 amide bonds. The first kappa shape index (κ1) is 13.1. The Bertz CT molecular complexity index is 441. The van der Waals surface area contributed by atoms with Crippen molar-refractivity contribution in [2.24, 2.45) is 0 Å². The van der Waals surface area contributed by atoms with E-state index in [-0.39, 0.29) is 6.04 Å². The summed E-state index contributed by atoms with van der Waals surface area (Å²) in [6.07, 6.45) is 2.75. The first-order valence-electron chi connectivity index (χ1n) is 6.43. The number of hydrogen-bond donors (Lipinski definition) is 1. The molecule has 100 valence electrons. The Labute approximate surface area is 107 Å². The summed E-state index contributed by atoms with van der Waals surface area (Å²) in [6, 6.07) is -0.408. The lowest BCUT2D eigenvalue weighted by Crippen LogP contribution is -2.46. The molecule has 2 unspecified atom stereocenters. The van der Waals surface area contributed by atoms with Gasteiger partial charge in [0, 0.05) is 6.92 Å². The van der Waals surface area contributed by atoms with Gasteiger partial charge in [0.25, 0.3) is 0 Å². The molecule has 0 bridgehead atoms. The van der Waals surface area contributed by atoms with Crippen LogP contribution in [0, 0.1) is 13.8 Å². The third kappa shape index (κ3) is 2.41. The molecule has 1 saturated heterocycles. The summed E-state index contributed by atoms with van der Waals surface area (Å²) in [5.41, 5.74) is 0.862. The van der Waals surface area contributed by atoms with Crippen LogP contribution in [-0.2, 0) is 4.79 Å². The molecular weight excluding hydrogens is 232 g/mol. The van der Waals surface area contributed by atoms with Crippen molar-refractivity contribution in [3.8, 4) is 0 Å². The maximum Gasteiger partial charge on any atom is 0.320 e. The van der Waals surface area contributed by atoms with Gasteiger partial charge in [0.2, 0.25) is 0 Å². The molecule has 1 aliphatic heterocycles. The second-order valence-corrected chi connectivity index (χ2v) is 4.94. The molecule has 5 nitrogen and oxygen atoms in total. The van der Waals surface area contributed by atoms with E-state index in [9.17, 15) is 9.90 Å². The third-order valence-electron chi connectivity index (χ3n) is 3.66. The highest BCUT2D eigenvalue weighted by atomic mass is 16.4. The van der Waals surface area contributed by atoms with E-state index in [0.29, 0.717) is 5.89 Å². The van der Waals surface area contributed by atoms with Crippen LogP contribution in [0.3, 0.4) is 0 Å². The highest BCUT2D eigenvalue weighted by Gasteiger charge is 2.33. The molecule has 2 rings (SSSR count). The number of rotatable bonds is 3. The summed E-state index contributed by atoms with van der Waals surface area (Å²) < 4.78 is 5.44. The van der Waals surface area contributed by atoms with E-state index >= 15 is 0 Å². The first-order valence-corrected chi connectivity index (χ1v) is 6.43. The molecule has 0 radical (unpaired) electrons. The highest BCUT2D eigenvalue weighted by molar-refractivity contribution is 5.73. The van der Waals surface area contributed by atoms with E-state index in [1.165, 1.54) is 0 Å². The fraction of sp³-hybridized carbons (Fsp3) is 0.692. The zero-order valence-electron chi connectivity index (χ0n) is 11.1. The number of nitrogens with zero attached hydrogens (tertiary/aromatic N) is 2. The number of likely N-dealkylation sites (tertiary alicyclic amines) is 1. The van der Waals surface area contributed by atoms with Crippen molar-refractivity contribution < 1.29 is 14.3 Å². The molecule has 5 heteroatoms.